The summed E-state index contributed by atoms with van der Waals surface area (Å²) in [6, 6.07) is 6.39. The van der Waals surface area contributed by atoms with Gasteiger partial charge in [-0.1, -0.05) is 28.8 Å². The minimum atomic E-state index is 0.281. The van der Waals surface area contributed by atoms with Gasteiger partial charge in [-0.3, -0.25) is 11.3 Å². The quantitative estimate of drug-likeness (QED) is 0.578. The van der Waals surface area contributed by atoms with E-state index in [1.807, 2.05) is 12.1 Å². The summed E-state index contributed by atoms with van der Waals surface area (Å²) in [6.07, 6.45) is 6.39. The maximum Gasteiger partial charge on any atom is 0.122 e. The summed E-state index contributed by atoms with van der Waals surface area (Å²) >= 11 is 5.58. The number of rotatable bonds is 7. The molecule has 5 heteroatoms. The van der Waals surface area contributed by atoms with Crippen molar-refractivity contribution in [2.24, 2.45) is 5.84 Å². The third-order valence-corrected chi connectivity index (χ3v) is 5.81. The molecule has 1 unspecified atom stereocenters. The molecular weight excluding hydrogens is 336 g/mol. The lowest BCUT2D eigenvalue weighted by Crippen LogP contribution is -2.39. The highest BCUT2D eigenvalue weighted by Gasteiger charge is 2.18. The third-order valence-electron chi connectivity index (χ3n) is 3.78. The fourth-order valence-corrected chi connectivity index (χ4v) is 4.44. The van der Waals surface area contributed by atoms with Crippen molar-refractivity contribution in [3.8, 4) is 5.75 Å². The van der Waals surface area contributed by atoms with Crippen LogP contribution in [0.1, 0.15) is 31.2 Å². The van der Waals surface area contributed by atoms with E-state index in [2.05, 4.69) is 39.2 Å². The molecule has 0 amide bonds. The van der Waals surface area contributed by atoms with Crippen LogP contribution in [-0.2, 0) is 6.42 Å². The minimum Gasteiger partial charge on any atom is -0.496 e. The molecule has 0 aliphatic heterocycles. The number of hydrogen-bond donors (Lipinski definition) is 2. The van der Waals surface area contributed by atoms with Crippen LogP contribution >= 0.6 is 27.7 Å². The van der Waals surface area contributed by atoms with Gasteiger partial charge in [0, 0.05) is 21.5 Å². The van der Waals surface area contributed by atoms with Crippen molar-refractivity contribution in [2.45, 2.75) is 43.4 Å². The molecule has 1 saturated carbocycles. The van der Waals surface area contributed by atoms with Crippen molar-refractivity contribution in [3.63, 3.8) is 0 Å². The number of hydrogen-bond acceptors (Lipinski definition) is 4. The molecule has 3 nitrogen and oxygen atoms in total. The average Bonchev–Trinajstić information content (AvgIpc) is 2.97. The Labute approximate surface area is 134 Å². The molecule has 0 radical (unpaired) electrons. The number of thioether (sulfide) groups is 1. The molecule has 1 fully saturated rings. The molecule has 3 N–H and O–H groups in total. The van der Waals surface area contributed by atoms with Gasteiger partial charge in [0.2, 0.25) is 0 Å². The molecule has 112 valence electrons. The summed E-state index contributed by atoms with van der Waals surface area (Å²) in [5, 5.41) is 0.829. The lowest BCUT2D eigenvalue weighted by Gasteiger charge is -2.19. The van der Waals surface area contributed by atoms with Crippen LogP contribution in [0.4, 0.5) is 0 Å². The lowest BCUT2D eigenvalue weighted by molar-refractivity contribution is 0.406. The van der Waals surface area contributed by atoms with E-state index < -0.39 is 0 Å². The number of ether oxygens (including phenoxy) is 1. The van der Waals surface area contributed by atoms with Crippen LogP contribution in [-0.4, -0.2) is 24.2 Å². The van der Waals surface area contributed by atoms with Gasteiger partial charge in [0.25, 0.3) is 0 Å². The zero-order valence-electron chi connectivity index (χ0n) is 11.9. The van der Waals surface area contributed by atoms with E-state index in [0.29, 0.717) is 0 Å². The van der Waals surface area contributed by atoms with Gasteiger partial charge in [0.1, 0.15) is 5.75 Å². The van der Waals surface area contributed by atoms with Crippen LogP contribution < -0.4 is 16.0 Å². The van der Waals surface area contributed by atoms with Gasteiger partial charge >= 0.3 is 0 Å². The molecule has 0 spiro atoms. The van der Waals surface area contributed by atoms with E-state index in [-0.39, 0.29) is 6.04 Å². The van der Waals surface area contributed by atoms with Crippen LogP contribution in [0, 0.1) is 0 Å². The summed E-state index contributed by atoms with van der Waals surface area (Å²) in [4.78, 5) is 0. The van der Waals surface area contributed by atoms with E-state index in [1.54, 1.807) is 7.11 Å². The van der Waals surface area contributed by atoms with E-state index in [9.17, 15) is 0 Å². The van der Waals surface area contributed by atoms with E-state index in [1.165, 1.54) is 31.2 Å². The first-order valence-corrected chi connectivity index (χ1v) is 8.97. The highest BCUT2D eigenvalue weighted by atomic mass is 79.9. The van der Waals surface area contributed by atoms with Gasteiger partial charge in [-0.05, 0) is 43.0 Å². The summed E-state index contributed by atoms with van der Waals surface area (Å²) in [7, 11) is 1.71. The molecule has 1 aromatic carbocycles. The molecular formula is C15H23BrN2OS. The summed E-state index contributed by atoms with van der Waals surface area (Å²) < 4.78 is 6.50. The number of nitrogens with two attached hydrogens (primary N) is 1. The summed E-state index contributed by atoms with van der Waals surface area (Å²) in [6.45, 7) is 0. The first kappa shape index (κ1) is 16.1. The van der Waals surface area contributed by atoms with Crippen molar-refractivity contribution >= 4 is 27.7 Å². The number of nitrogens with one attached hydrogen (secondary N) is 1. The molecule has 0 saturated heterocycles. The second-order valence-corrected chi connectivity index (χ2v) is 7.51. The SMILES string of the molecule is COc1ccc(Br)cc1CC(CSC1CCCC1)NN. The summed E-state index contributed by atoms with van der Waals surface area (Å²) in [5.41, 5.74) is 4.15. The van der Waals surface area contributed by atoms with Gasteiger partial charge in [0.15, 0.2) is 0 Å². The first-order valence-electron chi connectivity index (χ1n) is 7.13. The third kappa shape index (κ3) is 4.65. The van der Waals surface area contributed by atoms with Gasteiger partial charge < -0.3 is 4.74 Å². The minimum absolute atomic E-state index is 0.281. The fourth-order valence-electron chi connectivity index (χ4n) is 2.65. The predicted octanol–water partition coefficient (Wildman–Crippen LogP) is 3.51. The van der Waals surface area contributed by atoms with E-state index in [4.69, 9.17) is 10.6 Å². The zero-order valence-corrected chi connectivity index (χ0v) is 14.3. The second-order valence-electron chi connectivity index (χ2n) is 5.26. The molecule has 0 aromatic heterocycles. The highest BCUT2D eigenvalue weighted by molar-refractivity contribution is 9.10. The molecule has 2 rings (SSSR count). The molecule has 1 aromatic rings. The smallest absolute Gasteiger partial charge is 0.122 e. The number of hydrazine groups is 1. The molecule has 1 aliphatic rings. The van der Waals surface area contributed by atoms with Crippen LogP contribution in [0.5, 0.6) is 5.75 Å². The number of benzene rings is 1. The van der Waals surface area contributed by atoms with E-state index in [0.717, 1.165) is 27.6 Å². The Morgan fingerprint density at radius 3 is 2.85 bits per heavy atom. The molecule has 0 heterocycles. The van der Waals surface area contributed by atoms with Gasteiger partial charge in [0.05, 0.1) is 7.11 Å². The Hall–Kier alpha value is -0.230. The standard InChI is InChI=1S/C15H23BrN2OS/c1-19-15-7-6-12(16)8-11(15)9-13(18-17)10-20-14-4-2-3-5-14/h6-8,13-14,18H,2-5,9-10,17H2,1H3. The molecule has 1 atom stereocenters. The number of methoxy groups -OCH3 is 1. The van der Waals surface area contributed by atoms with E-state index >= 15 is 0 Å². The highest BCUT2D eigenvalue weighted by Crippen LogP contribution is 2.30. The largest absolute Gasteiger partial charge is 0.496 e. The Morgan fingerprint density at radius 1 is 1.45 bits per heavy atom. The predicted molar refractivity (Wildman–Crippen MR) is 90.2 cm³/mol. The average molecular weight is 359 g/mol. The lowest BCUT2D eigenvalue weighted by atomic mass is 10.1. The second kappa shape index (κ2) is 8.27. The zero-order chi connectivity index (χ0) is 14.4. The van der Waals surface area contributed by atoms with Crippen LogP contribution in [0.15, 0.2) is 22.7 Å². The Kier molecular flexibility index (Phi) is 6.68. The topological polar surface area (TPSA) is 47.3 Å². The normalized spacial score (nSPS) is 17.4. The van der Waals surface area contributed by atoms with Crippen molar-refractivity contribution in [2.75, 3.05) is 12.9 Å². The monoisotopic (exact) mass is 358 g/mol. The Bertz CT molecular complexity index is 424. The number of halogens is 1. The maximum atomic E-state index is 5.72. The van der Waals surface area contributed by atoms with Gasteiger partial charge in [-0.25, -0.2) is 0 Å². The maximum absolute atomic E-state index is 5.72. The van der Waals surface area contributed by atoms with Gasteiger partial charge in [-0.15, -0.1) is 0 Å². The van der Waals surface area contributed by atoms with Crippen LogP contribution in [0.2, 0.25) is 0 Å². The molecule has 0 bridgehead atoms. The van der Waals surface area contributed by atoms with Crippen molar-refractivity contribution in [3.05, 3.63) is 28.2 Å². The van der Waals surface area contributed by atoms with Gasteiger partial charge in [-0.2, -0.15) is 11.8 Å². The Balaban J connectivity index is 1.92. The molecule has 20 heavy (non-hydrogen) atoms. The van der Waals surface area contributed by atoms with Crippen molar-refractivity contribution in [1.82, 2.24) is 5.43 Å². The first-order chi connectivity index (χ1) is 9.72. The van der Waals surface area contributed by atoms with Crippen molar-refractivity contribution < 1.29 is 4.74 Å². The summed E-state index contributed by atoms with van der Waals surface area (Å²) in [5.74, 6) is 7.70. The van der Waals surface area contributed by atoms with Crippen LogP contribution in [0.25, 0.3) is 0 Å². The van der Waals surface area contributed by atoms with Crippen LogP contribution in [0.3, 0.4) is 0 Å². The molecule has 1 aliphatic carbocycles. The fraction of sp³-hybridized carbons (Fsp3) is 0.600. The Morgan fingerprint density at radius 2 is 2.20 bits per heavy atom. The van der Waals surface area contributed by atoms with Crippen molar-refractivity contribution in [1.29, 1.82) is 0 Å².